The topological polar surface area (TPSA) is 124 Å². The summed E-state index contributed by atoms with van der Waals surface area (Å²) < 4.78 is 82.8. The molecule has 46 heavy (non-hydrogen) atoms. The van der Waals surface area contributed by atoms with Gasteiger partial charge in [-0.25, -0.2) is 28.2 Å². The number of carbonyl (C=O) groups is 2. The summed E-state index contributed by atoms with van der Waals surface area (Å²) >= 11 is 0. The monoisotopic (exact) mass is 645 g/mol. The van der Waals surface area contributed by atoms with Gasteiger partial charge >= 0.3 is 12.3 Å². The number of ether oxygens (including phenoxy) is 2. The summed E-state index contributed by atoms with van der Waals surface area (Å²) in [5.41, 5.74) is -2.99. The molecule has 0 spiro atoms. The number of rotatable bonds is 8. The number of pyridine rings is 2. The smallest absolute Gasteiger partial charge is 0.434 e. The second-order valence-electron chi connectivity index (χ2n) is 11.2. The molecule has 4 aromatic rings. The Labute approximate surface area is 259 Å². The number of halogens is 5. The average Bonchev–Trinajstić information content (AvgIpc) is 3.38. The molecule has 1 fully saturated rings. The standard InChI is InChI=1S/C30H28F5N7O4/c1-29(2,3)46-28(44)40-25-19(16-41-12-5-13-41)22(9-11-36-25)45-23-8-7-17(14-21(23)32)39-27(43)18-15-38-42(24(18)30(33,34)35)26-20(31)6-4-10-37-26/h4,6-11,14-15H,5,12-13,16H2,1-3H3,(H,39,43)(H,36,40,44). The van der Waals surface area contributed by atoms with Gasteiger partial charge in [0.15, 0.2) is 28.9 Å². The number of aromatic nitrogens is 4. The van der Waals surface area contributed by atoms with E-state index >= 15 is 4.39 Å². The molecule has 1 aromatic carbocycles. The van der Waals surface area contributed by atoms with Crippen LogP contribution in [-0.4, -0.2) is 55.3 Å². The molecule has 1 saturated heterocycles. The minimum atomic E-state index is -5.12. The van der Waals surface area contributed by atoms with Crippen LogP contribution in [0.4, 0.5) is 38.3 Å². The molecule has 16 heteroatoms. The van der Waals surface area contributed by atoms with Crippen molar-refractivity contribution in [1.82, 2.24) is 24.6 Å². The van der Waals surface area contributed by atoms with Crippen molar-refractivity contribution in [1.29, 1.82) is 0 Å². The molecule has 11 nitrogen and oxygen atoms in total. The highest BCUT2D eigenvalue weighted by Gasteiger charge is 2.41. The molecule has 0 unspecified atom stereocenters. The number of anilines is 2. The van der Waals surface area contributed by atoms with E-state index in [0.717, 1.165) is 37.8 Å². The molecule has 242 valence electrons. The fraction of sp³-hybridized carbons (Fsp3) is 0.300. The van der Waals surface area contributed by atoms with Crippen molar-refractivity contribution in [3.63, 3.8) is 0 Å². The minimum absolute atomic E-state index is 0.162. The van der Waals surface area contributed by atoms with Crippen LogP contribution in [0.25, 0.3) is 5.82 Å². The van der Waals surface area contributed by atoms with E-state index in [-0.39, 0.29) is 27.7 Å². The fourth-order valence-corrected chi connectivity index (χ4v) is 4.45. The summed E-state index contributed by atoms with van der Waals surface area (Å²) in [6.45, 7) is 7.06. The summed E-state index contributed by atoms with van der Waals surface area (Å²) in [6, 6.07) is 6.84. The van der Waals surface area contributed by atoms with E-state index in [1.54, 1.807) is 20.8 Å². The molecule has 2 N–H and O–H groups in total. The van der Waals surface area contributed by atoms with E-state index in [2.05, 4.69) is 30.6 Å². The van der Waals surface area contributed by atoms with Crippen LogP contribution in [-0.2, 0) is 17.5 Å². The maximum atomic E-state index is 15.3. The van der Waals surface area contributed by atoms with Gasteiger partial charge in [-0.15, -0.1) is 0 Å². The molecule has 1 aliphatic rings. The van der Waals surface area contributed by atoms with Crippen LogP contribution < -0.4 is 15.4 Å². The second kappa shape index (κ2) is 12.7. The van der Waals surface area contributed by atoms with Gasteiger partial charge in [0.25, 0.3) is 5.91 Å². The Hall–Kier alpha value is -5.12. The first kappa shape index (κ1) is 32.3. The Bertz CT molecular complexity index is 1770. The van der Waals surface area contributed by atoms with Gasteiger partial charge in [-0.2, -0.15) is 18.3 Å². The Kier molecular flexibility index (Phi) is 8.92. The third-order valence-electron chi connectivity index (χ3n) is 6.59. The van der Waals surface area contributed by atoms with Crippen LogP contribution in [0.2, 0.25) is 0 Å². The predicted octanol–water partition coefficient (Wildman–Crippen LogP) is 6.56. The summed E-state index contributed by atoms with van der Waals surface area (Å²) in [5.74, 6) is -3.99. The van der Waals surface area contributed by atoms with Crippen LogP contribution in [0.15, 0.2) is 55.0 Å². The Morgan fingerprint density at radius 3 is 2.35 bits per heavy atom. The minimum Gasteiger partial charge on any atom is -0.454 e. The van der Waals surface area contributed by atoms with E-state index < -0.39 is 52.5 Å². The van der Waals surface area contributed by atoms with Crippen molar-refractivity contribution < 1.29 is 41.0 Å². The molecule has 1 aliphatic heterocycles. The van der Waals surface area contributed by atoms with Crippen LogP contribution >= 0.6 is 0 Å². The number of likely N-dealkylation sites (tertiary alicyclic amines) is 1. The number of amides is 2. The molecule has 3 aromatic heterocycles. The summed E-state index contributed by atoms with van der Waals surface area (Å²) in [5, 5.41) is 8.34. The molecular weight excluding hydrogens is 617 g/mol. The number of nitrogens with one attached hydrogen (secondary N) is 2. The zero-order valence-electron chi connectivity index (χ0n) is 24.8. The van der Waals surface area contributed by atoms with Gasteiger partial charge in [-0.3, -0.25) is 15.0 Å². The van der Waals surface area contributed by atoms with Gasteiger partial charge in [-0.05, 0) is 70.6 Å². The zero-order valence-corrected chi connectivity index (χ0v) is 24.8. The summed E-state index contributed by atoms with van der Waals surface area (Å²) in [7, 11) is 0. The van der Waals surface area contributed by atoms with E-state index in [9.17, 15) is 27.2 Å². The lowest BCUT2D eigenvalue weighted by Gasteiger charge is -2.31. The maximum Gasteiger partial charge on any atom is 0.434 e. The normalized spacial score (nSPS) is 13.6. The van der Waals surface area contributed by atoms with Gasteiger partial charge in [0.05, 0.1) is 17.3 Å². The van der Waals surface area contributed by atoms with Crippen molar-refractivity contribution in [3.05, 3.63) is 83.4 Å². The van der Waals surface area contributed by atoms with Crippen molar-refractivity contribution in [2.75, 3.05) is 23.7 Å². The third-order valence-corrected chi connectivity index (χ3v) is 6.59. The highest BCUT2D eigenvalue weighted by atomic mass is 19.4. The first-order valence-electron chi connectivity index (χ1n) is 13.9. The van der Waals surface area contributed by atoms with Crippen molar-refractivity contribution in [2.24, 2.45) is 0 Å². The van der Waals surface area contributed by atoms with E-state index in [4.69, 9.17) is 9.47 Å². The number of carbonyl (C=O) groups excluding carboxylic acids is 2. The summed E-state index contributed by atoms with van der Waals surface area (Å²) in [6.07, 6.45) is -1.82. The zero-order chi connectivity index (χ0) is 33.2. The van der Waals surface area contributed by atoms with Crippen LogP contribution in [0.1, 0.15) is 48.8 Å². The van der Waals surface area contributed by atoms with Gasteiger partial charge in [0, 0.05) is 30.7 Å². The quantitative estimate of drug-likeness (QED) is 0.207. The lowest BCUT2D eigenvalue weighted by molar-refractivity contribution is -0.143. The number of alkyl halides is 3. The molecule has 0 radical (unpaired) electrons. The first-order valence-corrected chi connectivity index (χ1v) is 13.9. The molecular formula is C30H28F5N7O4. The Morgan fingerprint density at radius 2 is 1.72 bits per heavy atom. The van der Waals surface area contributed by atoms with E-state index in [0.29, 0.717) is 18.3 Å². The number of hydrogen-bond acceptors (Lipinski definition) is 8. The molecule has 4 heterocycles. The van der Waals surface area contributed by atoms with E-state index in [1.807, 2.05) is 0 Å². The van der Waals surface area contributed by atoms with Gasteiger partial charge < -0.3 is 14.8 Å². The summed E-state index contributed by atoms with van der Waals surface area (Å²) in [4.78, 5) is 35.3. The fourth-order valence-electron chi connectivity index (χ4n) is 4.45. The number of benzene rings is 1. The largest absolute Gasteiger partial charge is 0.454 e. The molecule has 0 bridgehead atoms. The predicted molar refractivity (Wildman–Crippen MR) is 155 cm³/mol. The molecule has 0 aliphatic carbocycles. The molecule has 2 amide bonds. The van der Waals surface area contributed by atoms with Gasteiger partial charge in [0.1, 0.15) is 17.2 Å². The molecule has 5 rings (SSSR count). The number of hydrogen-bond donors (Lipinski definition) is 2. The van der Waals surface area contributed by atoms with Crippen molar-refractivity contribution in [2.45, 2.75) is 45.5 Å². The highest BCUT2D eigenvalue weighted by Crippen LogP contribution is 2.36. The first-order chi connectivity index (χ1) is 21.7. The van der Waals surface area contributed by atoms with Crippen LogP contribution in [0.3, 0.4) is 0 Å². The van der Waals surface area contributed by atoms with Crippen LogP contribution in [0, 0.1) is 11.6 Å². The lowest BCUT2D eigenvalue weighted by Crippen LogP contribution is -2.37. The lowest BCUT2D eigenvalue weighted by atomic mass is 10.1. The van der Waals surface area contributed by atoms with Gasteiger partial charge in [0.2, 0.25) is 0 Å². The van der Waals surface area contributed by atoms with E-state index in [1.165, 1.54) is 30.5 Å². The maximum absolute atomic E-state index is 15.3. The SMILES string of the molecule is CC(C)(C)OC(=O)Nc1nccc(Oc2ccc(NC(=O)c3cnn(-c4ncccc4F)c3C(F)(F)F)cc2F)c1CN1CCC1. The second-order valence-corrected chi connectivity index (χ2v) is 11.2. The third kappa shape index (κ3) is 7.39. The van der Waals surface area contributed by atoms with Crippen molar-refractivity contribution >= 4 is 23.5 Å². The molecule has 0 atom stereocenters. The van der Waals surface area contributed by atoms with Crippen LogP contribution in [0.5, 0.6) is 11.5 Å². The molecule has 0 saturated carbocycles. The highest BCUT2D eigenvalue weighted by molar-refractivity contribution is 6.05. The Morgan fingerprint density at radius 1 is 0.957 bits per heavy atom. The average molecular weight is 646 g/mol. The van der Waals surface area contributed by atoms with Crippen molar-refractivity contribution in [3.8, 4) is 17.3 Å². The Balaban J connectivity index is 1.38. The number of nitrogens with zero attached hydrogens (tertiary/aromatic N) is 5. The van der Waals surface area contributed by atoms with Gasteiger partial charge in [-0.1, -0.05) is 0 Å².